The molecular formula is C26H27FO5. The zero-order valence-corrected chi connectivity index (χ0v) is 18.6. The van der Waals surface area contributed by atoms with Crippen molar-refractivity contribution < 1.29 is 28.2 Å². The molecule has 0 spiro atoms. The normalized spacial score (nSPS) is 12.6. The van der Waals surface area contributed by atoms with E-state index in [1.807, 2.05) is 12.1 Å². The largest absolute Gasteiger partial charge is 0.469 e. The van der Waals surface area contributed by atoms with Crippen LogP contribution < -0.4 is 0 Å². The quantitative estimate of drug-likeness (QED) is 0.368. The second-order valence-corrected chi connectivity index (χ2v) is 8.13. The summed E-state index contributed by atoms with van der Waals surface area (Å²) in [5.41, 5.74) is 4.74. The molecule has 0 bridgehead atoms. The number of halogens is 1. The highest BCUT2D eigenvalue weighted by molar-refractivity contribution is 5.98. The number of rotatable bonds is 8. The maximum absolute atomic E-state index is 13.9. The van der Waals surface area contributed by atoms with Crippen LogP contribution in [0.15, 0.2) is 47.1 Å². The number of ether oxygens (including phenoxy) is 1. The van der Waals surface area contributed by atoms with E-state index in [2.05, 4.69) is 18.6 Å². The van der Waals surface area contributed by atoms with Gasteiger partial charge in [0.15, 0.2) is 0 Å². The second-order valence-electron chi connectivity index (χ2n) is 8.13. The maximum atomic E-state index is 13.9. The molecule has 0 aliphatic carbocycles. The van der Waals surface area contributed by atoms with E-state index in [0.717, 1.165) is 27.6 Å². The molecule has 1 N–H and O–H groups in total. The van der Waals surface area contributed by atoms with E-state index in [9.17, 15) is 19.1 Å². The minimum absolute atomic E-state index is 0.195. The predicted octanol–water partition coefficient (Wildman–Crippen LogP) is 5.57. The molecule has 1 heterocycles. The fourth-order valence-corrected chi connectivity index (χ4v) is 3.66. The van der Waals surface area contributed by atoms with Crippen LogP contribution in [-0.2, 0) is 14.3 Å². The molecule has 0 fully saturated rings. The number of aliphatic hydroxyl groups is 1. The van der Waals surface area contributed by atoms with Crippen molar-refractivity contribution >= 4 is 28.8 Å². The molecule has 5 nitrogen and oxygen atoms in total. The number of ketones is 1. The molecule has 0 aliphatic heterocycles. The number of methoxy groups -OCH3 is 1. The highest BCUT2D eigenvalue weighted by Crippen LogP contribution is 2.37. The van der Waals surface area contributed by atoms with E-state index in [4.69, 9.17) is 4.42 Å². The molecular weight excluding hydrogens is 411 g/mol. The molecule has 2 aromatic carbocycles. The Bertz CT molecular complexity index is 1170. The molecule has 0 aliphatic rings. The number of furan rings is 1. The lowest BCUT2D eigenvalue weighted by atomic mass is 9.91. The van der Waals surface area contributed by atoms with Crippen LogP contribution in [0.1, 0.15) is 49.3 Å². The number of carbonyl (C=O) groups excluding carboxylic acids is 2. The first-order valence-corrected chi connectivity index (χ1v) is 10.5. The minimum Gasteiger partial charge on any atom is -0.469 e. The molecule has 0 radical (unpaired) electrons. The van der Waals surface area contributed by atoms with Gasteiger partial charge in [-0.15, -0.1) is 0 Å². The van der Waals surface area contributed by atoms with E-state index in [1.165, 1.54) is 19.3 Å². The lowest BCUT2D eigenvalue weighted by molar-refractivity contribution is -0.143. The van der Waals surface area contributed by atoms with E-state index >= 15 is 0 Å². The number of Topliss-reactive ketones (excluding diaryl/α,β-unsaturated/α-hetero) is 1. The summed E-state index contributed by atoms with van der Waals surface area (Å²) in [6, 6.07) is 8.70. The number of hydrogen-bond acceptors (Lipinski definition) is 5. The first-order valence-electron chi connectivity index (χ1n) is 10.5. The minimum atomic E-state index is -1.07. The van der Waals surface area contributed by atoms with Gasteiger partial charge in [-0.1, -0.05) is 38.1 Å². The Kier molecular flexibility index (Phi) is 7.26. The Labute approximate surface area is 186 Å². The average Bonchev–Trinajstić information content (AvgIpc) is 3.18. The Balaban J connectivity index is 2.05. The molecule has 3 aromatic rings. The number of aryl methyl sites for hydroxylation is 1. The average molecular weight is 438 g/mol. The summed E-state index contributed by atoms with van der Waals surface area (Å²) in [7, 11) is 1.21. The molecule has 0 saturated heterocycles. The summed E-state index contributed by atoms with van der Waals surface area (Å²) >= 11 is 0. The van der Waals surface area contributed by atoms with Crippen LogP contribution in [0.2, 0.25) is 0 Å². The third-order valence-electron chi connectivity index (χ3n) is 5.39. The Morgan fingerprint density at radius 3 is 2.62 bits per heavy atom. The first kappa shape index (κ1) is 23.4. The van der Waals surface area contributed by atoms with Crippen LogP contribution in [0, 0.1) is 12.7 Å². The van der Waals surface area contributed by atoms with Crippen molar-refractivity contribution in [3.63, 3.8) is 0 Å². The van der Waals surface area contributed by atoms with Gasteiger partial charge in [0.1, 0.15) is 23.6 Å². The van der Waals surface area contributed by atoms with Crippen molar-refractivity contribution in [2.75, 3.05) is 7.11 Å². The molecule has 0 amide bonds. The van der Waals surface area contributed by atoms with Crippen LogP contribution in [0.3, 0.4) is 0 Å². The number of aliphatic hydroxyl groups excluding tert-OH is 1. The van der Waals surface area contributed by atoms with Gasteiger partial charge in [0.05, 0.1) is 19.5 Å². The van der Waals surface area contributed by atoms with Gasteiger partial charge >= 0.3 is 5.97 Å². The zero-order chi connectivity index (χ0) is 23.4. The summed E-state index contributed by atoms with van der Waals surface area (Å²) in [5, 5.41) is 11.3. The lowest BCUT2D eigenvalue weighted by Crippen LogP contribution is -2.15. The maximum Gasteiger partial charge on any atom is 0.313 e. The van der Waals surface area contributed by atoms with Gasteiger partial charge < -0.3 is 14.3 Å². The molecule has 32 heavy (non-hydrogen) atoms. The van der Waals surface area contributed by atoms with Gasteiger partial charge in [-0.3, -0.25) is 9.59 Å². The number of esters is 1. The van der Waals surface area contributed by atoms with Crippen molar-refractivity contribution in [3.05, 3.63) is 65.2 Å². The van der Waals surface area contributed by atoms with Gasteiger partial charge in [0, 0.05) is 17.4 Å². The van der Waals surface area contributed by atoms with Crippen molar-refractivity contribution in [2.24, 2.45) is 0 Å². The number of fused-ring (bicyclic) bond motifs is 1. The van der Waals surface area contributed by atoms with Crippen molar-refractivity contribution in [1.29, 1.82) is 0 Å². The van der Waals surface area contributed by atoms with Crippen molar-refractivity contribution in [1.82, 2.24) is 0 Å². The van der Waals surface area contributed by atoms with Gasteiger partial charge in [-0.05, 0) is 53.3 Å². The SMILES string of the molecule is COC(=O)CC(=O)CC(O)C=Cc1c(-c2ccc(F)c(C)c2)ccc2occ(C(C)C)c12. The zero-order valence-electron chi connectivity index (χ0n) is 18.6. The highest BCUT2D eigenvalue weighted by Gasteiger charge is 2.18. The Hall–Kier alpha value is -3.25. The van der Waals surface area contributed by atoms with Crippen molar-refractivity contribution in [3.8, 4) is 11.1 Å². The Morgan fingerprint density at radius 2 is 1.97 bits per heavy atom. The molecule has 168 valence electrons. The molecule has 0 saturated carbocycles. The summed E-state index contributed by atoms with van der Waals surface area (Å²) in [4.78, 5) is 23.2. The van der Waals surface area contributed by atoms with Crippen LogP contribution in [0.4, 0.5) is 4.39 Å². The van der Waals surface area contributed by atoms with Gasteiger partial charge in [0.2, 0.25) is 0 Å². The van der Waals surface area contributed by atoms with E-state index in [-0.39, 0.29) is 24.6 Å². The number of hydrogen-bond donors (Lipinski definition) is 1. The van der Waals surface area contributed by atoms with Crippen molar-refractivity contribution in [2.45, 2.75) is 45.6 Å². The third kappa shape index (κ3) is 5.14. The summed E-state index contributed by atoms with van der Waals surface area (Å²) in [6.07, 6.45) is 3.36. The van der Waals surface area contributed by atoms with Crippen LogP contribution in [0.5, 0.6) is 0 Å². The smallest absolute Gasteiger partial charge is 0.313 e. The summed E-state index contributed by atoms with van der Waals surface area (Å²) < 4.78 is 24.1. The summed E-state index contributed by atoms with van der Waals surface area (Å²) in [6.45, 7) is 5.83. The van der Waals surface area contributed by atoms with Gasteiger partial charge in [-0.25, -0.2) is 4.39 Å². The lowest BCUT2D eigenvalue weighted by Gasteiger charge is -2.12. The Morgan fingerprint density at radius 1 is 1.22 bits per heavy atom. The van der Waals surface area contributed by atoms with E-state index < -0.39 is 17.9 Å². The molecule has 1 aromatic heterocycles. The molecule has 1 unspecified atom stereocenters. The van der Waals surface area contributed by atoms with Gasteiger partial charge in [0.25, 0.3) is 0 Å². The second kappa shape index (κ2) is 9.92. The van der Waals surface area contributed by atoms with Crippen LogP contribution in [-0.4, -0.2) is 30.1 Å². The topological polar surface area (TPSA) is 76.7 Å². The van der Waals surface area contributed by atoms with Crippen LogP contribution >= 0.6 is 0 Å². The standard InChI is InChI=1S/C26H27FO5/c1-15(2)22-14-32-24-10-8-20(17-5-9-23(27)16(3)11-17)21(26(22)24)7-6-18(28)12-19(29)13-25(30)31-4/h5-11,14-15,18,28H,12-13H2,1-4H3. The third-order valence-corrected chi connectivity index (χ3v) is 5.39. The molecule has 3 rings (SSSR count). The highest BCUT2D eigenvalue weighted by atomic mass is 19.1. The van der Waals surface area contributed by atoms with E-state index in [0.29, 0.717) is 11.1 Å². The first-order chi connectivity index (χ1) is 15.2. The number of carbonyl (C=O) groups is 2. The molecule has 1 atom stereocenters. The van der Waals surface area contributed by atoms with Crippen LogP contribution in [0.25, 0.3) is 28.2 Å². The monoisotopic (exact) mass is 438 g/mol. The fourth-order valence-electron chi connectivity index (χ4n) is 3.66. The fraction of sp³-hybridized carbons (Fsp3) is 0.308. The van der Waals surface area contributed by atoms with Gasteiger partial charge in [-0.2, -0.15) is 0 Å². The van der Waals surface area contributed by atoms with E-state index in [1.54, 1.807) is 31.4 Å². The summed E-state index contributed by atoms with van der Waals surface area (Å²) in [5.74, 6) is -1.13. The predicted molar refractivity (Wildman–Crippen MR) is 122 cm³/mol. The molecule has 6 heteroatoms. The number of benzene rings is 2.